The number of amides is 1. The van der Waals surface area contributed by atoms with Gasteiger partial charge in [0.2, 0.25) is 5.91 Å². The maximum absolute atomic E-state index is 13.2. The standard InChI is InChI=1S/C38H40N2O5/c41-35(30-14-5-2-6-15-30)32-16-7-8-17-33(32)40-34(36(42)43)26-28-18-20-31(21-19-28)45-25-11-24-39-37(44)38(22-9-10-23-38)27-29-12-3-1-4-13-29/h1-8,12-21,34,40H,9-11,22-27H2,(H,39,44)(H,42,43). The van der Waals surface area contributed by atoms with Crippen LogP contribution in [0.15, 0.2) is 109 Å². The molecule has 0 heterocycles. The fourth-order valence-electron chi connectivity index (χ4n) is 6.07. The third-order valence-electron chi connectivity index (χ3n) is 8.50. The molecule has 1 aliphatic carbocycles. The Bertz CT molecular complexity index is 1570. The molecule has 7 nitrogen and oxygen atoms in total. The topological polar surface area (TPSA) is 105 Å². The number of anilines is 1. The van der Waals surface area contributed by atoms with E-state index in [1.54, 1.807) is 48.5 Å². The van der Waals surface area contributed by atoms with Gasteiger partial charge in [-0.05, 0) is 61.1 Å². The van der Waals surface area contributed by atoms with Gasteiger partial charge in [0.25, 0.3) is 0 Å². The van der Waals surface area contributed by atoms with Gasteiger partial charge in [-0.25, -0.2) is 4.79 Å². The van der Waals surface area contributed by atoms with Gasteiger partial charge >= 0.3 is 5.97 Å². The van der Waals surface area contributed by atoms with Crippen LogP contribution in [-0.2, 0) is 22.4 Å². The first kappa shape index (κ1) is 31.5. The van der Waals surface area contributed by atoms with Crippen molar-refractivity contribution < 1.29 is 24.2 Å². The van der Waals surface area contributed by atoms with Crippen molar-refractivity contribution in [1.29, 1.82) is 0 Å². The molecule has 0 saturated heterocycles. The molecule has 1 atom stereocenters. The molecule has 45 heavy (non-hydrogen) atoms. The number of ether oxygens (including phenoxy) is 1. The highest BCUT2D eigenvalue weighted by molar-refractivity contribution is 6.12. The highest BCUT2D eigenvalue weighted by atomic mass is 16.5. The highest BCUT2D eigenvalue weighted by Gasteiger charge is 2.40. The Balaban J connectivity index is 1.10. The van der Waals surface area contributed by atoms with Crippen LogP contribution in [0.3, 0.4) is 0 Å². The van der Waals surface area contributed by atoms with Gasteiger partial charge in [0.05, 0.1) is 12.0 Å². The average molecular weight is 605 g/mol. The maximum atomic E-state index is 13.2. The first-order chi connectivity index (χ1) is 21.9. The van der Waals surface area contributed by atoms with E-state index in [1.165, 1.54) is 5.56 Å². The fourth-order valence-corrected chi connectivity index (χ4v) is 6.07. The molecule has 1 saturated carbocycles. The number of carbonyl (C=O) groups excluding carboxylic acids is 2. The molecule has 0 spiro atoms. The van der Waals surface area contributed by atoms with Gasteiger partial charge in [0, 0.05) is 29.8 Å². The summed E-state index contributed by atoms with van der Waals surface area (Å²) < 4.78 is 5.90. The summed E-state index contributed by atoms with van der Waals surface area (Å²) >= 11 is 0. The predicted octanol–water partition coefficient (Wildman–Crippen LogP) is 6.71. The van der Waals surface area contributed by atoms with Crippen LogP contribution in [0.2, 0.25) is 0 Å². The van der Waals surface area contributed by atoms with Crippen molar-refractivity contribution in [3.05, 3.63) is 131 Å². The summed E-state index contributed by atoms with van der Waals surface area (Å²) in [7, 11) is 0. The average Bonchev–Trinajstić information content (AvgIpc) is 3.55. The zero-order chi connectivity index (χ0) is 31.5. The van der Waals surface area contributed by atoms with Crippen LogP contribution < -0.4 is 15.4 Å². The van der Waals surface area contributed by atoms with E-state index in [-0.39, 0.29) is 23.5 Å². The van der Waals surface area contributed by atoms with E-state index in [2.05, 4.69) is 22.8 Å². The number of carboxylic acid groups (broad SMARTS) is 1. The molecular weight excluding hydrogens is 564 g/mol. The Hall–Kier alpha value is -4.91. The molecule has 1 unspecified atom stereocenters. The molecule has 0 aliphatic heterocycles. The lowest BCUT2D eigenvalue weighted by Crippen LogP contribution is -2.41. The molecule has 232 valence electrons. The van der Waals surface area contributed by atoms with Crippen LogP contribution in [0.5, 0.6) is 5.75 Å². The fraction of sp³-hybridized carbons (Fsp3) is 0.289. The number of hydrogen-bond donors (Lipinski definition) is 3. The second-order valence-corrected chi connectivity index (χ2v) is 11.7. The first-order valence-electron chi connectivity index (χ1n) is 15.7. The third-order valence-corrected chi connectivity index (χ3v) is 8.50. The van der Waals surface area contributed by atoms with Gasteiger partial charge in [-0.15, -0.1) is 0 Å². The molecule has 1 fully saturated rings. The summed E-state index contributed by atoms with van der Waals surface area (Å²) in [5, 5.41) is 16.2. The molecule has 1 amide bonds. The second kappa shape index (κ2) is 15.2. The highest BCUT2D eigenvalue weighted by Crippen LogP contribution is 2.41. The van der Waals surface area contributed by atoms with Crippen molar-refractivity contribution in [1.82, 2.24) is 5.32 Å². The number of para-hydroxylation sites is 1. The van der Waals surface area contributed by atoms with Crippen molar-refractivity contribution >= 4 is 23.3 Å². The second-order valence-electron chi connectivity index (χ2n) is 11.7. The normalized spacial score (nSPS) is 14.3. The SMILES string of the molecule is O=C(c1ccccc1)c1ccccc1NC(Cc1ccc(OCCCNC(=O)C2(Cc3ccccc3)CCCC2)cc1)C(=O)O. The van der Waals surface area contributed by atoms with Crippen molar-refractivity contribution in [2.24, 2.45) is 5.41 Å². The smallest absolute Gasteiger partial charge is 0.326 e. The van der Waals surface area contributed by atoms with E-state index in [0.717, 1.165) is 37.7 Å². The van der Waals surface area contributed by atoms with Crippen LogP contribution in [0.1, 0.15) is 59.2 Å². The van der Waals surface area contributed by atoms with Gasteiger partial charge in [-0.1, -0.05) is 97.8 Å². The van der Waals surface area contributed by atoms with Crippen molar-refractivity contribution in [2.45, 2.75) is 51.0 Å². The first-order valence-corrected chi connectivity index (χ1v) is 15.7. The van der Waals surface area contributed by atoms with Gasteiger partial charge in [0.1, 0.15) is 11.8 Å². The van der Waals surface area contributed by atoms with Gasteiger partial charge < -0.3 is 20.5 Å². The summed E-state index contributed by atoms with van der Waals surface area (Å²) in [4.78, 5) is 38.5. The summed E-state index contributed by atoms with van der Waals surface area (Å²) in [6, 6.07) is 32.6. The van der Waals surface area contributed by atoms with E-state index in [0.29, 0.717) is 42.1 Å². The molecule has 1 aliphatic rings. The van der Waals surface area contributed by atoms with E-state index < -0.39 is 12.0 Å². The summed E-state index contributed by atoms with van der Waals surface area (Å²) in [6.07, 6.45) is 5.70. The maximum Gasteiger partial charge on any atom is 0.326 e. The van der Waals surface area contributed by atoms with E-state index in [1.807, 2.05) is 48.5 Å². The van der Waals surface area contributed by atoms with Crippen molar-refractivity contribution in [3.63, 3.8) is 0 Å². The summed E-state index contributed by atoms with van der Waals surface area (Å²) in [5.74, 6) is -0.362. The molecular formula is C38H40N2O5. The minimum Gasteiger partial charge on any atom is -0.494 e. The Labute approximate surface area is 264 Å². The van der Waals surface area contributed by atoms with Crippen LogP contribution in [-0.4, -0.2) is 42.0 Å². The van der Waals surface area contributed by atoms with Crippen LogP contribution in [0, 0.1) is 5.41 Å². The molecule has 4 aromatic rings. The van der Waals surface area contributed by atoms with Crippen LogP contribution in [0.25, 0.3) is 0 Å². The number of carbonyl (C=O) groups is 3. The Morgan fingerprint density at radius 1 is 0.778 bits per heavy atom. The van der Waals surface area contributed by atoms with E-state index in [9.17, 15) is 19.5 Å². The minimum atomic E-state index is -1.01. The van der Waals surface area contributed by atoms with Crippen LogP contribution in [0.4, 0.5) is 5.69 Å². The quantitative estimate of drug-likeness (QED) is 0.103. The largest absolute Gasteiger partial charge is 0.494 e. The molecule has 0 radical (unpaired) electrons. The zero-order valence-corrected chi connectivity index (χ0v) is 25.4. The lowest BCUT2D eigenvalue weighted by atomic mass is 9.79. The number of ketones is 1. The Kier molecular flexibility index (Phi) is 10.6. The molecule has 5 rings (SSSR count). The van der Waals surface area contributed by atoms with Gasteiger partial charge in [0.15, 0.2) is 5.78 Å². The minimum absolute atomic E-state index is 0.141. The number of hydrogen-bond acceptors (Lipinski definition) is 5. The van der Waals surface area contributed by atoms with E-state index in [4.69, 9.17) is 4.74 Å². The van der Waals surface area contributed by atoms with E-state index >= 15 is 0 Å². The number of benzene rings is 4. The van der Waals surface area contributed by atoms with Crippen molar-refractivity contribution in [3.8, 4) is 5.75 Å². The molecule has 0 aromatic heterocycles. The summed E-state index contributed by atoms with van der Waals surface area (Å²) in [5.41, 5.74) is 3.14. The van der Waals surface area contributed by atoms with Gasteiger partial charge in [-0.3, -0.25) is 9.59 Å². The number of nitrogens with one attached hydrogen (secondary N) is 2. The predicted molar refractivity (Wildman–Crippen MR) is 176 cm³/mol. The summed E-state index contributed by atoms with van der Waals surface area (Å²) in [6.45, 7) is 1.00. The Morgan fingerprint density at radius 3 is 2.11 bits per heavy atom. The monoisotopic (exact) mass is 604 g/mol. The zero-order valence-electron chi connectivity index (χ0n) is 25.4. The van der Waals surface area contributed by atoms with Gasteiger partial charge in [-0.2, -0.15) is 0 Å². The number of rotatable bonds is 15. The molecule has 4 aromatic carbocycles. The third kappa shape index (κ3) is 8.38. The lowest BCUT2D eigenvalue weighted by Gasteiger charge is -2.28. The lowest BCUT2D eigenvalue weighted by molar-refractivity contribution is -0.138. The van der Waals surface area contributed by atoms with Crippen molar-refractivity contribution in [2.75, 3.05) is 18.5 Å². The molecule has 0 bridgehead atoms. The number of aliphatic carboxylic acids is 1. The Morgan fingerprint density at radius 2 is 1.42 bits per heavy atom. The molecule has 3 N–H and O–H groups in total. The van der Waals surface area contributed by atoms with Crippen LogP contribution >= 0.6 is 0 Å². The molecule has 7 heteroatoms. The number of carboxylic acids is 1.